The largest absolute Gasteiger partial charge is 0.484 e. The van der Waals surface area contributed by atoms with Crippen molar-refractivity contribution in [1.82, 2.24) is 5.32 Å². The Labute approximate surface area is 116 Å². The van der Waals surface area contributed by atoms with E-state index in [1.165, 1.54) is 0 Å². The van der Waals surface area contributed by atoms with E-state index in [9.17, 15) is 4.79 Å². The van der Waals surface area contributed by atoms with E-state index >= 15 is 0 Å². The van der Waals surface area contributed by atoms with Crippen LogP contribution < -0.4 is 15.8 Å². The van der Waals surface area contributed by atoms with Gasteiger partial charge in [0, 0.05) is 11.6 Å². The smallest absolute Gasteiger partial charge is 0.257 e. The van der Waals surface area contributed by atoms with Gasteiger partial charge in [-0.2, -0.15) is 0 Å². The van der Waals surface area contributed by atoms with Gasteiger partial charge in [-0.25, -0.2) is 0 Å². The first-order valence-corrected chi connectivity index (χ1v) is 6.30. The molecule has 6 heteroatoms. The maximum Gasteiger partial charge on any atom is 0.257 e. The molecule has 1 aromatic carbocycles. The summed E-state index contributed by atoms with van der Waals surface area (Å²) in [6.45, 7) is 0.502. The third kappa shape index (κ3) is 6.42. The summed E-state index contributed by atoms with van der Waals surface area (Å²) in [6, 6.07) is 6.90. The molecule has 0 fully saturated rings. The number of carbonyl (C=O) groups is 1. The second-order valence-corrected chi connectivity index (χ2v) is 4.63. The van der Waals surface area contributed by atoms with Crippen LogP contribution >= 0.6 is 23.8 Å². The molecule has 0 aliphatic rings. The summed E-state index contributed by atoms with van der Waals surface area (Å²) in [4.78, 5) is 11.9. The second kappa shape index (κ2) is 7.89. The van der Waals surface area contributed by atoms with Crippen molar-refractivity contribution >= 4 is 34.7 Å². The molecule has 0 bridgehead atoms. The fourth-order valence-electron chi connectivity index (χ4n) is 1.25. The molecule has 98 valence electrons. The summed E-state index contributed by atoms with van der Waals surface area (Å²) in [5, 5.41) is 3.28. The van der Waals surface area contributed by atoms with E-state index in [4.69, 9.17) is 34.3 Å². The molecule has 0 saturated carbocycles. The van der Waals surface area contributed by atoms with Gasteiger partial charge in [-0.1, -0.05) is 29.9 Å². The highest BCUT2D eigenvalue weighted by atomic mass is 35.5. The van der Waals surface area contributed by atoms with Crippen molar-refractivity contribution in [1.29, 1.82) is 0 Å². The van der Waals surface area contributed by atoms with Crippen LogP contribution in [0.3, 0.4) is 0 Å². The summed E-state index contributed by atoms with van der Waals surface area (Å²) in [5.41, 5.74) is 5.34. The fraction of sp³-hybridized carbons (Fsp3) is 0.333. The number of carbonyl (C=O) groups excluding carboxylic acids is 1. The standard InChI is InChI=1S/C12H15ClN2O2S/c13-9-3-1-4-10(7-9)17-8-12(16)15-6-2-5-11(14)18/h1,3-4,7H,2,5-6,8H2,(H2,14,18)(H,15,16). The van der Waals surface area contributed by atoms with Crippen LogP contribution in [0.5, 0.6) is 5.75 Å². The van der Waals surface area contributed by atoms with E-state index in [0.29, 0.717) is 28.7 Å². The van der Waals surface area contributed by atoms with Crippen LogP contribution in [0.4, 0.5) is 0 Å². The summed E-state index contributed by atoms with van der Waals surface area (Å²) < 4.78 is 5.28. The van der Waals surface area contributed by atoms with Gasteiger partial charge in [0.2, 0.25) is 0 Å². The van der Waals surface area contributed by atoms with Gasteiger partial charge in [0.05, 0.1) is 4.99 Å². The lowest BCUT2D eigenvalue weighted by molar-refractivity contribution is -0.123. The van der Waals surface area contributed by atoms with Crippen molar-refractivity contribution in [3.63, 3.8) is 0 Å². The molecule has 1 rings (SSSR count). The van der Waals surface area contributed by atoms with Gasteiger partial charge in [0.1, 0.15) is 5.75 Å². The minimum absolute atomic E-state index is 0.0343. The number of halogens is 1. The molecular weight excluding hydrogens is 272 g/mol. The molecule has 4 nitrogen and oxygen atoms in total. The third-order valence-electron chi connectivity index (χ3n) is 2.09. The Balaban J connectivity index is 2.19. The lowest BCUT2D eigenvalue weighted by Gasteiger charge is -2.07. The Kier molecular flexibility index (Phi) is 6.46. The number of thiocarbonyl (C=S) groups is 1. The topological polar surface area (TPSA) is 64.3 Å². The van der Waals surface area contributed by atoms with Gasteiger partial charge in [0.15, 0.2) is 6.61 Å². The van der Waals surface area contributed by atoms with Crippen molar-refractivity contribution in [2.24, 2.45) is 5.73 Å². The Bertz CT molecular complexity index is 426. The van der Waals surface area contributed by atoms with E-state index in [1.54, 1.807) is 24.3 Å². The Morgan fingerprint density at radius 1 is 1.50 bits per heavy atom. The molecule has 1 amide bonds. The molecule has 0 unspecified atom stereocenters. The SMILES string of the molecule is NC(=S)CCCNC(=O)COc1cccc(Cl)c1. The van der Waals surface area contributed by atoms with Crippen molar-refractivity contribution < 1.29 is 9.53 Å². The number of benzene rings is 1. The maximum absolute atomic E-state index is 11.4. The van der Waals surface area contributed by atoms with Gasteiger partial charge >= 0.3 is 0 Å². The number of ether oxygens (including phenoxy) is 1. The van der Waals surface area contributed by atoms with Crippen LogP contribution in [-0.4, -0.2) is 24.0 Å². The average molecular weight is 287 g/mol. The van der Waals surface area contributed by atoms with E-state index in [-0.39, 0.29) is 12.5 Å². The Hall–Kier alpha value is -1.33. The molecule has 3 N–H and O–H groups in total. The first-order valence-electron chi connectivity index (χ1n) is 5.51. The van der Waals surface area contributed by atoms with Gasteiger partial charge in [-0.15, -0.1) is 0 Å². The number of hydrogen-bond acceptors (Lipinski definition) is 3. The Morgan fingerprint density at radius 2 is 2.28 bits per heavy atom. The van der Waals surface area contributed by atoms with Gasteiger partial charge in [-0.3, -0.25) is 4.79 Å². The van der Waals surface area contributed by atoms with E-state index < -0.39 is 0 Å². The Morgan fingerprint density at radius 3 is 2.94 bits per heavy atom. The zero-order valence-electron chi connectivity index (χ0n) is 9.82. The molecule has 0 saturated heterocycles. The lowest BCUT2D eigenvalue weighted by atomic mass is 10.3. The van der Waals surface area contributed by atoms with Crippen LogP contribution in [0.2, 0.25) is 5.02 Å². The van der Waals surface area contributed by atoms with Gasteiger partial charge in [-0.05, 0) is 31.0 Å². The maximum atomic E-state index is 11.4. The summed E-state index contributed by atoms with van der Waals surface area (Å²) in [5.74, 6) is 0.388. The minimum Gasteiger partial charge on any atom is -0.484 e. The lowest BCUT2D eigenvalue weighted by Crippen LogP contribution is -2.30. The van der Waals surface area contributed by atoms with Crippen molar-refractivity contribution in [3.8, 4) is 5.75 Å². The summed E-state index contributed by atoms with van der Waals surface area (Å²) in [6.07, 6.45) is 1.36. The zero-order chi connectivity index (χ0) is 13.4. The van der Waals surface area contributed by atoms with Crippen LogP contribution in [0.25, 0.3) is 0 Å². The molecule has 0 heterocycles. The summed E-state index contributed by atoms with van der Waals surface area (Å²) in [7, 11) is 0. The van der Waals surface area contributed by atoms with Crippen molar-refractivity contribution in [2.45, 2.75) is 12.8 Å². The number of hydrogen-bond donors (Lipinski definition) is 2. The van der Waals surface area contributed by atoms with Crippen LogP contribution in [0.15, 0.2) is 24.3 Å². The number of nitrogens with one attached hydrogen (secondary N) is 1. The number of amides is 1. The van der Waals surface area contributed by atoms with Gasteiger partial charge < -0.3 is 15.8 Å². The molecule has 0 aliphatic heterocycles. The van der Waals surface area contributed by atoms with Crippen molar-refractivity contribution in [2.75, 3.05) is 13.2 Å². The van der Waals surface area contributed by atoms with E-state index in [2.05, 4.69) is 5.32 Å². The predicted octanol–water partition coefficient (Wildman–Crippen LogP) is 1.90. The van der Waals surface area contributed by atoms with Crippen LogP contribution in [-0.2, 0) is 4.79 Å². The fourth-order valence-corrected chi connectivity index (χ4v) is 1.57. The molecule has 18 heavy (non-hydrogen) atoms. The normalized spacial score (nSPS) is 9.83. The summed E-state index contributed by atoms with van der Waals surface area (Å²) >= 11 is 10.5. The highest BCUT2D eigenvalue weighted by Gasteiger charge is 2.02. The van der Waals surface area contributed by atoms with Crippen LogP contribution in [0, 0.1) is 0 Å². The predicted molar refractivity (Wildman–Crippen MR) is 76.0 cm³/mol. The van der Waals surface area contributed by atoms with Crippen LogP contribution in [0.1, 0.15) is 12.8 Å². The molecule has 1 aromatic rings. The molecule has 0 atom stereocenters. The number of nitrogens with two attached hydrogens (primary N) is 1. The highest BCUT2D eigenvalue weighted by Crippen LogP contribution is 2.16. The first-order chi connectivity index (χ1) is 8.58. The minimum atomic E-state index is -0.182. The third-order valence-corrected chi connectivity index (χ3v) is 2.53. The van der Waals surface area contributed by atoms with Gasteiger partial charge in [0.25, 0.3) is 5.91 Å². The molecule has 0 spiro atoms. The molecule has 0 aliphatic carbocycles. The molecular formula is C12H15ClN2O2S. The second-order valence-electron chi connectivity index (χ2n) is 3.67. The van der Waals surface area contributed by atoms with E-state index in [0.717, 1.165) is 6.42 Å². The highest BCUT2D eigenvalue weighted by molar-refractivity contribution is 7.80. The monoisotopic (exact) mass is 286 g/mol. The molecule has 0 aromatic heterocycles. The quantitative estimate of drug-likeness (QED) is 0.594. The zero-order valence-corrected chi connectivity index (χ0v) is 11.4. The average Bonchev–Trinajstić information content (AvgIpc) is 2.32. The van der Waals surface area contributed by atoms with E-state index in [1.807, 2.05) is 0 Å². The van der Waals surface area contributed by atoms with Crippen molar-refractivity contribution in [3.05, 3.63) is 29.3 Å². The number of rotatable bonds is 7. The first kappa shape index (κ1) is 14.7. The molecule has 0 radical (unpaired) electrons.